The molecule has 0 N–H and O–H groups in total. The zero-order valence-corrected chi connectivity index (χ0v) is 6.69. The number of hydrogen-bond acceptors (Lipinski definition) is 3. The first-order chi connectivity index (χ1) is 4.81. The van der Waals surface area contributed by atoms with Crippen LogP contribution in [0.4, 0.5) is 0 Å². The van der Waals surface area contributed by atoms with Crippen LogP contribution in [0.5, 0.6) is 0 Å². The smallest absolute Gasteiger partial charge is 0.309 e. The second-order valence-corrected chi connectivity index (χ2v) is 3.99. The van der Waals surface area contributed by atoms with Crippen molar-refractivity contribution in [3.8, 4) is 0 Å². The lowest BCUT2D eigenvalue weighted by molar-refractivity contribution is -0.147. The summed E-state index contributed by atoms with van der Waals surface area (Å²) in [5.74, 6) is 0.276. The maximum atomic E-state index is 10.9. The van der Waals surface area contributed by atoms with Crippen LogP contribution in [0.25, 0.3) is 0 Å². The fraction of sp³-hybridized carbons (Fsp3) is 0.857. The minimum Gasteiger partial charge on any atom is -0.461 e. The van der Waals surface area contributed by atoms with E-state index in [1.165, 1.54) is 0 Å². The summed E-state index contributed by atoms with van der Waals surface area (Å²) < 4.78 is 5.10. The standard InChI is InChI=1S/C7H10O2S/c1-10-6-3-4-2-5(6)9-7(4)8/h4-6H,2-3H2,1H3/t4-,5+,6+/m1/s1. The van der Waals surface area contributed by atoms with E-state index in [9.17, 15) is 4.79 Å². The lowest BCUT2D eigenvalue weighted by Crippen LogP contribution is -2.25. The molecule has 2 bridgehead atoms. The average Bonchev–Trinajstić information content (AvgIpc) is 2.44. The average molecular weight is 158 g/mol. The third-order valence-corrected chi connectivity index (χ3v) is 3.45. The third kappa shape index (κ3) is 0.764. The molecule has 1 heterocycles. The molecule has 1 saturated carbocycles. The quantitative estimate of drug-likeness (QED) is 0.534. The summed E-state index contributed by atoms with van der Waals surface area (Å²) in [6.45, 7) is 0. The van der Waals surface area contributed by atoms with Gasteiger partial charge in [0.1, 0.15) is 6.10 Å². The second-order valence-electron chi connectivity index (χ2n) is 2.92. The molecule has 1 aliphatic heterocycles. The number of thioether (sulfide) groups is 1. The Morgan fingerprint density at radius 3 is 2.80 bits per heavy atom. The maximum absolute atomic E-state index is 10.9. The van der Waals surface area contributed by atoms with Crippen molar-refractivity contribution in [3.63, 3.8) is 0 Å². The molecule has 0 aromatic rings. The highest BCUT2D eigenvalue weighted by Gasteiger charge is 2.46. The minimum absolute atomic E-state index is 0.0373. The summed E-state index contributed by atoms with van der Waals surface area (Å²) in [6.07, 6.45) is 4.35. The van der Waals surface area contributed by atoms with Gasteiger partial charge in [-0.2, -0.15) is 11.8 Å². The van der Waals surface area contributed by atoms with Crippen LogP contribution in [0.1, 0.15) is 12.8 Å². The molecule has 56 valence electrons. The van der Waals surface area contributed by atoms with E-state index in [1.807, 2.05) is 11.8 Å². The molecule has 10 heavy (non-hydrogen) atoms. The molecule has 2 nitrogen and oxygen atoms in total. The van der Waals surface area contributed by atoms with E-state index in [2.05, 4.69) is 6.26 Å². The van der Waals surface area contributed by atoms with Crippen LogP contribution < -0.4 is 0 Å². The van der Waals surface area contributed by atoms with Crippen LogP contribution in [0, 0.1) is 5.92 Å². The molecule has 0 radical (unpaired) electrons. The van der Waals surface area contributed by atoms with Crippen LogP contribution in [-0.4, -0.2) is 23.6 Å². The Morgan fingerprint density at radius 1 is 1.60 bits per heavy atom. The van der Waals surface area contributed by atoms with Crippen molar-refractivity contribution >= 4 is 17.7 Å². The van der Waals surface area contributed by atoms with E-state index in [0.29, 0.717) is 5.25 Å². The predicted octanol–water partition coefficient (Wildman–Crippen LogP) is 1.05. The van der Waals surface area contributed by atoms with E-state index in [4.69, 9.17) is 4.74 Å². The van der Waals surface area contributed by atoms with Gasteiger partial charge < -0.3 is 4.74 Å². The van der Waals surface area contributed by atoms with E-state index < -0.39 is 0 Å². The third-order valence-electron chi connectivity index (χ3n) is 2.35. The molecule has 0 aromatic heterocycles. The molecule has 0 unspecified atom stereocenters. The second kappa shape index (κ2) is 2.16. The molecule has 0 aromatic carbocycles. The highest BCUT2D eigenvalue weighted by molar-refractivity contribution is 7.99. The van der Waals surface area contributed by atoms with Gasteiger partial charge in [-0.1, -0.05) is 0 Å². The first kappa shape index (κ1) is 6.53. The van der Waals surface area contributed by atoms with Crippen molar-refractivity contribution in [3.05, 3.63) is 0 Å². The Bertz CT molecular complexity index is 169. The largest absolute Gasteiger partial charge is 0.461 e. The molecular weight excluding hydrogens is 148 g/mol. The zero-order chi connectivity index (χ0) is 7.14. The van der Waals surface area contributed by atoms with Crippen molar-refractivity contribution in [2.45, 2.75) is 24.2 Å². The highest BCUT2D eigenvalue weighted by atomic mass is 32.2. The van der Waals surface area contributed by atoms with Crippen LogP contribution in [0.2, 0.25) is 0 Å². The van der Waals surface area contributed by atoms with Crippen molar-refractivity contribution in [1.29, 1.82) is 0 Å². The van der Waals surface area contributed by atoms with E-state index in [0.717, 1.165) is 12.8 Å². The summed E-state index contributed by atoms with van der Waals surface area (Å²) in [4.78, 5) is 10.9. The summed E-state index contributed by atoms with van der Waals surface area (Å²) >= 11 is 1.82. The molecule has 0 spiro atoms. The van der Waals surface area contributed by atoms with Crippen molar-refractivity contribution < 1.29 is 9.53 Å². The van der Waals surface area contributed by atoms with Gasteiger partial charge in [-0.15, -0.1) is 0 Å². The fourth-order valence-corrected chi connectivity index (χ4v) is 2.67. The topological polar surface area (TPSA) is 26.3 Å². The number of esters is 1. The Morgan fingerprint density at radius 2 is 2.40 bits per heavy atom. The lowest BCUT2D eigenvalue weighted by Gasteiger charge is -2.18. The van der Waals surface area contributed by atoms with E-state index in [1.54, 1.807) is 0 Å². The summed E-state index contributed by atoms with van der Waals surface area (Å²) in [7, 11) is 0. The van der Waals surface area contributed by atoms with Crippen molar-refractivity contribution in [2.24, 2.45) is 5.92 Å². The number of fused-ring (bicyclic) bond motifs is 2. The molecule has 2 fully saturated rings. The Labute approximate surface area is 64.3 Å². The number of carbonyl (C=O) groups excluding carboxylic acids is 1. The van der Waals surface area contributed by atoms with Crippen molar-refractivity contribution in [1.82, 2.24) is 0 Å². The van der Waals surface area contributed by atoms with Gasteiger partial charge in [-0.25, -0.2) is 0 Å². The highest BCUT2D eigenvalue weighted by Crippen LogP contribution is 2.41. The van der Waals surface area contributed by atoms with Gasteiger partial charge in [-0.05, 0) is 19.1 Å². The Kier molecular flexibility index (Phi) is 1.41. The fourth-order valence-electron chi connectivity index (χ4n) is 1.77. The SMILES string of the molecule is CS[C@H]1C[C@H]2C[C@@H]1OC2=O. The van der Waals surface area contributed by atoms with Gasteiger partial charge in [0.2, 0.25) is 0 Å². The number of rotatable bonds is 1. The molecule has 3 heteroatoms. The first-order valence-corrected chi connectivity index (χ1v) is 4.83. The van der Waals surface area contributed by atoms with Crippen LogP contribution >= 0.6 is 11.8 Å². The number of hydrogen-bond donors (Lipinski definition) is 0. The summed E-state index contributed by atoms with van der Waals surface area (Å²) in [5, 5.41) is 0.586. The lowest BCUT2D eigenvalue weighted by atomic mass is 10.1. The van der Waals surface area contributed by atoms with Gasteiger partial charge in [0, 0.05) is 5.25 Å². The monoisotopic (exact) mass is 158 g/mol. The van der Waals surface area contributed by atoms with Gasteiger partial charge >= 0.3 is 5.97 Å². The molecule has 2 rings (SSSR count). The van der Waals surface area contributed by atoms with Gasteiger partial charge in [0.15, 0.2) is 0 Å². The minimum atomic E-state index is 0.0373. The molecule has 0 amide bonds. The molecule has 3 atom stereocenters. The maximum Gasteiger partial charge on any atom is 0.309 e. The van der Waals surface area contributed by atoms with Crippen LogP contribution in [-0.2, 0) is 9.53 Å². The van der Waals surface area contributed by atoms with Crippen molar-refractivity contribution in [2.75, 3.05) is 6.26 Å². The normalized spacial score (nSPS) is 44.1. The van der Waals surface area contributed by atoms with Crippen LogP contribution in [0.15, 0.2) is 0 Å². The molecule has 2 aliphatic rings. The molecular formula is C7H10O2S. The zero-order valence-electron chi connectivity index (χ0n) is 5.87. The van der Waals surface area contributed by atoms with Gasteiger partial charge in [0.05, 0.1) is 5.92 Å². The van der Waals surface area contributed by atoms with E-state index in [-0.39, 0.29) is 18.0 Å². The van der Waals surface area contributed by atoms with E-state index >= 15 is 0 Å². The van der Waals surface area contributed by atoms with Gasteiger partial charge in [-0.3, -0.25) is 4.79 Å². The molecule has 1 aliphatic carbocycles. The van der Waals surface area contributed by atoms with Crippen LogP contribution in [0.3, 0.4) is 0 Å². The summed E-state index contributed by atoms with van der Waals surface area (Å²) in [5.41, 5.74) is 0. The predicted molar refractivity (Wildman–Crippen MR) is 39.9 cm³/mol. The van der Waals surface area contributed by atoms with Gasteiger partial charge in [0.25, 0.3) is 0 Å². The number of carbonyl (C=O) groups is 1. The summed E-state index contributed by atoms with van der Waals surface area (Å²) in [6, 6.07) is 0. The number of ether oxygens (including phenoxy) is 1. The Hall–Kier alpha value is -0.180. The first-order valence-electron chi connectivity index (χ1n) is 3.54. The Balaban J connectivity index is 2.09. The molecule has 1 saturated heterocycles.